The average Bonchev–Trinajstić information content (AvgIpc) is 3.15. The summed E-state index contributed by atoms with van der Waals surface area (Å²) in [6, 6.07) is 3.74. The first-order chi connectivity index (χ1) is 11.1. The van der Waals surface area contributed by atoms with Crippen LogP contribution in [0.4, 0.5) is 5.82 Å². The molecular formula is C16H21N5O2. The number of pyridine rings is 1. The summed E-state index contributed by atoms with van der Waals surface area (Å²) in [6.07, 6.45) is 6.23. The van der Waals surface area contributed by atoms with Crippen LogP contribution in [0.1, 0.15) is 37.4 Å². The molecule has 0 saturated heterocycles. The predicted molar refractivity (Wildman–Crippen MR) is 86.4 cm³/mol. The summed E-state index contributed by atoms with van der Waals surface area (Å²) in [4.78, 5) is 22.1. The van der Waals surface area contributed by atoms with Crippen LogP contribution in [0.3, 0.4) is 0 Å². The number of hydrogen-bond acceptors (Lipinski definition) is 5. The molecule has 1 aliphatic rings. The standard InChI is InChI=1S/C16H21N5O2/c1-20(2)15-12(8-5-9-17-15)16-18-14(11-6-3-4-7-11)19-21(16)10-13(22)23/h5,8-9,11H,3-4,6-7,10H2,1-2H3,(H,22,23). The van der Waals surface area contributed by atoms with Gasteiger partial charge < -0.3 is 10.0 Å². The van der Waals surface area contributed by atoms with Crippen molar-refractivity contribution in [3.05, 3.63) is 24.2 Å². The molecular weight excluding hydrogens is 294 g/mol. The number of aliphatic carboxylic acids is 1. The molecule has 7 nitrogen and oxygen atoms in total. The van der Waals surface area contributed by atoms with Crippen molar-refractivity contribution in [2.75, 3.05) is 19.0 Å². The number of carboxylic acid groups (broad SMARTS) is 1. The maximum atomic E-state index is 11.2. The summed E-state index contributed by atoms with van der Waals surface area (Å²) in [7, 11) is 3.81. The summed E-state index contributed by atoms with van der Waals surface area (Å²) >= 11 is 0. The molecule has 1 aliphatic carbocycles. The van der Waals surface area contributed by atoms with E-state index in [-0.39, 0.29) is 6.54 Å². The second-order valence-corrected chi connectivity index (χ2v) is 6.10. The maximum Gasteiger partial charge on any atom is 0.325 e. The van der Waals surface area contributed by atoms with Crippen molar-refractivity contribution in [2.45, 2.75) is 38.1 Å². The molecule has 0 spiro atoms. The molecule has 3 rings (SSSR count). The highest BCUT2D eigenvalue weighted by Crippen LogP contribution is 2.34. The lowest BCUT2D eigenvalue weighted by atomic mass is 10.1. The van der Waals surface area contributed by atoms with Crippen LogP contribution in [0.5, 0.6) is 0 Å². The Morgan fingerprint density at radius 3 is 2.78 bits per heavy atom. The van der Waals surface area contributed by atoms with E-state index in [1.807, 2.05) is 31.1 Å². The zero-order chi connectivity index (χ0) is 16.4. The molecule has 0 radical (unpaired) electrons. The Balaban J connectivity index is 2.07. The van der Waals surface area contributed by atoms with Gasteiger partial charge in [0.2, 0.25) is 0 Å². The Hall–Kier alpha value is -2.44. The third-order valence-electron chi connectivity index (χ3n) is 4.14. The highest BCUT2D eigenvalue weighted by Gasteiger charge is 2.25. The molecule has 1 N–H and O–H groups in total. The fourth-order valence-electron chi connectivity index (χ4n) is 3.08. The predicted octanol–water partition coefficient (Wildman–Crippen LogP) is 2.15. The highest BCUT2D eigenvalue weighted by atomic mass is 16.4. The minimum atomic E-state index is -0.926. The van der Waals surface area contributed by atoms with E-state index in [1.165, 1.54) is 17.5 Å². The topological polar surface area (TPSA) is 84.1 Å². The van der Waals surface area contributed by atoms with E-state index in [0.717, 1.165) is 30.0 Å². The van der Waals surface area contributed by atoms with Gasteiger partial charge in [0, 0.05) is 26.2 Å². The average molecular weight is 315 g/mol. The summed E-state index contributed by atoms with van der Waals surface area (Å²) in [6.45, 7) is -0.198. The van der Waals surface area contributed by atoms with Crippen LogP contribution in [0, 0.1) is 0 Å². The van der Waals surface area contributed by atoms with Gasteiger partial charge in [-0.15, -0.1) is 0 Å². The molecule has 0 aromatic carbocycles. The van der Waals surface area contributed by atoms with Gasteiger partial charge in [0.1, 0.15) is 12.4 Å². The smallest absolute Gasteiger partial charge is 0.325 e. The largest absolute Gasteiger partial charge is 0.480 e. The highest BCUT2D eigenvalue weighted by molar-refractivity contribution is 5.72. The Bertz CT molecular complexity index is 704. The summed E-state index contributed by atoms with van der Waals surface area (Å²) in [5, 5.41) is 13.7. The molecule has 1 saturated carbocycles. The van der Waals surface area contributed by atoms with E-state index in [1.54, 1.807) is 6.20 Å². The monoisotopic (exact) mass is 315 g/mol. The van der Waals surface area contributed by atoms with Crippen LogP contribution in [0.25, 0.3) is 11.4 Å². The van der Waals surface area contributed by atoms with Crippen LogP contribution in [-0.4, -0.2) is 44.9 Å². The summed E-state index contributed by atoms with van der Waals surface area (Å²) in [5.41, 5.74) is 0.801. The molecule has 0 atom stereocenters. The van der Waals surface area contributed by atoms with Crippen LogP contribution in [0.2, 0.25) is 0 Å². The van der Waals surface area contributed by atoms with Crippen molar-refractivity contribution < 1.29 is 9.90 Å². The first kappa shape index (κ1) is 15.5. The van der Waals surface area contributed by atoms with E-state index in [2.05, 4.69) is 15.1 Å². The van der Waals surface area contributed by atoms with Gasteiger partial charge >= 0.3 is 5.97 Å². The van der Waals surface area contributed by atoms with Crippen molar-refractivity contribution in [1.29, 1.82) is 0 Å². The van der Waals surface area contributed by atoms with Gasteiger partial charge in [-0.25, -0.2) is 14.6 Å². The second-order valence-electron chi connectivity index (χ2n) is 6.10. The Labute approximate surface area is 135 Å². The van der Waals surface area contributed by atoms with Gasteiger partial charge in [-0.2, -0.15) is 5.10 Å². The van der Waals surface area contributed by atoms with E-state index >= 15 is 0 Å². The Morgan fingerprint density at radius 1 is 1.39 bits per heavy atom. The first-order valence-corrected chi connectivity index (χ1v) is 7.85. The lowest BCUT2D eigenvalue weighted by Gasteiger charge is -2.15. The van der Waals surface area contributed by atoms with Gasteiger partial charge in [0.25, 0.3) is 0 Å². The Morgan fingerprint density at radius 2 is 2.13 bits per heavy atom. The number of nitrogens with zero attached hydrogens (tertiary/aromatic N) is 5. The molecule has 2 heterocycles. The zero-order valence-electron chi connectivity index (χ0n) is 13.4. The third kappa shape index (κ3) is 3.18. The number of carbonyl (C=O) groups is 1. The number of rotatable bonds is 5. The molecule has 0 aliphatic heterocycles. The summed E-state index contributed by atoms with van der Waals surface area (Å²) < 4.78 is 1.49. The molecule has 0 bridgehead atoms. The molecule has 2 aromatic rings. The molecule has 2 aromatic heterocycles. The second kappa shape index (κ2) is 6.36. The van der Waals surface area contributed by atoms with Crippen LogP contribution in [0.15, 0.2) is 18.3 Å². The van der Waals surface area contributed by atoms with Crippen LogP contribution in [-0.2, 0) is 11.3 Å². The minimum Gasteiger partial charge on any atom is -0.480 e. The van der Waals surface area contributed by atoms with E-state index in [0.29, 0.717) is 11.7 Å². The molecule has 1 fully saturated rings. The van der Waals surface area contributed by atoms with Crippen molar-refractivity contribution in [2.24, 2.45) is 0 Å². The molecule has 7 heteroatoms. The van der Waals surface area contributed by atoms with E-state index in [9.17, 15) is 9.90 Å². The van der Waals surface area contributed by atoms with E-state index in [4.69, 9.17) is 0 Å². The molecule has 122 valence electrons. The zero-order valence-corrected chi connectivity index (χ0v) is 13.4. The third-order valence-corrected chi connectivity index (χ3v) is 4.14. The molecule has 0 unspecified atom stereocenters. The van der Waals surface area contributed by atoms with Crippen LogP contribution >= 0.6 is 0 Å². The fourth-order valence-corrected chi connectivity index (χ4v) is 3.08. The Kier molecular flexibility index (Phi) is 4.27. The SMILES string of the molecule is CN(C)c1ncccc1-c1nc(C2CCCC2)nn1CC(=O)O. The summed E-state index contributed by atoms with van der Waals surface area (Å²) in [5.74, 6) is 1.50. The number of aromatic nitrogens is 4. The van der Waals surface area contributed by atoms with Gasteiger partial charge in [-0.3, -0.25) is 4.79 Å². The minimum absolute atomic E-state index is 0.198. The maximum absolute atomic E-state index is 11.2. The number of carboxylic acids is 1. The van der Waals surface area contributed by atoms with Crippen molar-refractivity contribution in [3.63, 3.8) is 0 Å². The van der Waals surface area contributed by atoms with Gasteiger partial charge in [-0.1, -0.05) is 12.8 Å². The van der Waals surface area contributed by atoms with E-state index < -0.39 is 5.97 Å². The van der Waals surface area contributed by atoms with Gasteiger partial charge in [0.15, 0.2) is 11.6 Å². The van der Waals surface area contributed by atoms with Crippen LogP contribution < -0.4 is 4.90 Å². The lowest BCUT2D eigenvalue weighted by molar-refractivity contribution is -0.137. The van der Waals surface area contributed by atoms with Crippen molar-refractivity contribution in [1.82, 2.24) is 19.7 Å². The lowest BCUT2D eigenvalue weighted by Crippen LogP contribution is -2.15. The van der Waals surface area contributed by atoms with Gasteiger partial charge in [0.05, 0.1) is 5.56 Å². The van der Waals surface area contributed by atoms with Crippen molar-refractivity contribution in [3.8, 4) is 11.4 Å². The molecule has 23 heavy (non-hydrogen) atoms. The molecule has 0 amide bonds. The number of anilines is 1. The fraction of sp³-hybridized carbons (Fsp3) is 0.500. The normalized spacial score (nSPS) is 15.0. The van der Waals surface area contributed by atoms with Crippen molar-refractivity contribution >= 4 is 11.8 Å². The number of hydrogen-bond donors (Lipinski definition) is 1. The van der Waals surface area contributed by atoms with Gasteiger partial charge in [-0.05, 0) is 25.0 Å². The first-order valence-electron chi connectivity index (χ1n) is 7.85. The quantitative estimate of drug-likeness (QED) is 0.910.